The van der Waals surface area contributed by atoms with E-state index in [1.54, 1.807) is 12.1 Å². The molecule has 0 saturated heterocycles. The summed E-state index contributed by atoms with van der Waals surface area (Å²) in [5.74, 6) is -1.22. The van der Waals surface area contributed by atoms with Gasteiger partial charge in [-0.1, -0.05) is 45.0 Å². The molecule has 0 saturated carbocycles. The Morgan fingerprint density at radius 1 is 1.25 bits per heavy atom. The number of hydrogen-bond acceptors (Lipinski definition) is 2. The van der Waals surface area contributed by atoms with Crippen LogP contribution in [0.15, 0.2) is 24.3 Å². The minimum Gasteiger partial charge on any atom is -0.479 e. The summed E-state index contributed by atoms with van der Waals surface area (Å²) >= 11 is 0. The van der Waals surface area contributed by atoms with E-state index in [1.807, 2.05) is 12.1 Å². The first-order valence-corrected chi connectivity index (χ1v) is 5.29. The number of rotatable bonds is 3. The van der Waals surface area contributed by atoms with Crippen LogP contribution in [-0.4, -0.2) is 16.2 Å². The largest absolute Gasteiger partial charge is 0.479 e. The summed E-state index contributed by atoms with van der Waals surface area (Å²) in [6.07, 6.45) is -0.500. The van der Waals surface area contributed by atoms with Gasteiger partial charge in [-0.3, -0.25) is 0 Å². The molecule has 0 aliphatic heterocycles. The predicted molar refractivity (Wildman–Crippen MR) is 62.2 cm³/mol. The van der Waals surface area contributed by atoms with Crippen LogP contribution in [-0.2, 0) is 11.2 Å². The normalized spacial score (nSPS) is 13.5. The van der Waals surface area contributed by atoms with Crippen molar-refractivity contribution in [1.82, 2.24) is 0 Å². The van der Waals surface area contributed by atoms with Crippen molar-refractivity contribution in [1.29, 1.82) is 0 Å². The second-order valence-electron chi connectivity index (χ2n) is 5.22. The highest BCUT2D eigenvalue weighted by Crippen LogP contribution is 2.22. The number of aliphatic hydroxyl groups excluding tert-OH is 1. The minimum absolute atomic E-state index is 0.201. The second kappa shape index (κ2) is 4.66. The monoisotopic (exact) mass is 222 g/mol. The first-order valence-electron chi connectivity index (χ1n) is 5.29. The number of hydrogen-bond donors (Lipinski definition) is 2. The van der Waals surface area contributed by atoms with Crippen molar-refractivity contribution in [3.63, 3.8) is 0 Å². The number of aliphatic hydroxyl groups is 1. The van der Waals surface area contributed by atoms with Gasteiger partial charge in [0.1, 0.15) is 0 Å². The molecule has 0 spiro atoms. The summed E-state index contributed by atoms with van der Waals surface area (Å²) in [6, 6.07) is 7.07. The summed E-state index contributed by atoms with van der Waals surface area (Å²) in [5, 5.41) is 18.0. The van der Waals surface area contributed by atoms with Gasteiger partial charge in [0.25, 0.3) is 0 Å². The molecule has 1 unspecified atom stereocenters. The third kappa shape index (κ3) is 3.66. The van der Waals surface area contributed by atoms with Gasteiger partial charge in [-0.25, -0.2) is 4.79 Å². The van der Waals surface area contributed by atoms with Crippen LogP contribution in [0.1, 0.15) is 38.0 Å². The van der Waals surface area contributed by atoms with Gasteiger partial charge >= 0.3 is 5.97 Å². The maximum atomic E-state index is 10.6. The first-order chi connectivity index (χ1) is 7.29. The molecule has 2 N–H and O–H groups in total. The number of carboxylic acids is 1. The van der Waals surface area contributed by atoms with E-state index in [1.165, 1.54) is 0 Å². The molecule has 1 aromatic carbocycles. The Kier molecular flexibility index (Phi) is 3.70. The van der Waals surface area contributed by atoms with Crippen LogP contribution in [0.5, 0.6) is 0 Å². The highest BCUT2D eigenvalue weighted by atomic mass is 16.4. The molecule has 1 aromatic rings. The molecule has 0 aromatic heterocycles. The Balaban J connectivity index is 2.79. The van der Waals surface area contributed by atoms with Gasteiger partial charge in [0, 0.05) is 0 Å². The van der Waals surface area contributed by atoms with Crippen LogP contribution in [0.25, 0.3) is 0 Å². The molecule has 1 atom stereocenters. The number of carbonyl (C=O) groups is 1. The van der Waals surface area contributed by atoms with Crippen molar-refractivity contribution < 1.29 is 15.0 Å². The predicted octanol–water partition coefficient (Wildman–Crippen LogP) is 2.39. The Labute approximate surface area is 95.7 Å². The fourth-order valence-corrected chi connectivity index (χ4v) is 1.57. The molecule has 16 heavy (non-hydrogen) atoms. The summed E-state index contributed by atoms with van der Waals surface area (Å²) < 4.78 is 0. The maximum Gasteiger partial charge on any atom is 0.337 e. The molecule has 0 fully saturated rings. The van der Waals surface area contributed by atoms with Gasteiger partial charge < -0.3 is 10.2 Å². The fraction of sp³-hybridized carbons (Fsp3) is 0.462. The van der Waals surface area contributed by atoms with Crippen molar-refractivity contribution in [2.24, 2.45) is 5.41 Å². The van der Waals surface area contributed by atoms with Crippen LogP contribution in [0, 0.1) is 5.41 Å². The van der Waals surface area contributed by atoms with Crippen LogP contribution in [0.4, 0.5) is 0 Å². The first kappa shape index (κ1) is 12.7. The molecule has 0 aliphatic carbocycles. The third-order valence-electron chi connectivity index (χ3n) is 2.26. The van der Waals surface area contributed by atoms with Crippen molar-refractivity contribution >= 4 is 5.97 Å². The van der Waals surface area contributed by atoms with E-state index in [4.69, 9.17) is 5.11 Å². The number of aliphatic carboxylic acids is 1. The van der Waals surface area contributed by atoms with E-state index in [0.717, 1.165) is 12.0 Å². The lowest BCUT2D eigenvalue weighted by Gasteiger charge is -2.18. The molecular formula is C13H18O3. The van der Waals surface area contributed by atoms with Crippen molar-refractivity contribution in [3.8, 4) is 0 Å². The minimum atomic E-state index is -1.43. The summed E-state index contributed by atoms with van der Waals surface area (Å²) in [7, 11) is 0. The molecule has 0 heterocycles. The van der Waals surface area contributed by atoms with Gasteiger partial charge in [0.05, 0.1) is 0 Å². The maximum absolute atomic E-state index is 10.6. The molecule has 0 radical (unpaired) electrons. The van der Waals surface area contributed by atoms with E-state index >= 15 is 0 Å². The summed E-state index contributed by atoms with van der Waals surface area (Å²) in [4.78, 5) is 10.6. The third-order valence-corrected chi connectivity index (χ3v) is 2.26. The average molecular weight is 222 g/mol. The van der Waals surface area contributed by atoms with Crippen molar-refractivity contribution in [2.75, 3.05) is 0 Å². The van der Waals surface area contributed by atoms with E-state index in [2.05, 4.69) is 20.8 Å². The van der Waals surface area contributed by atoms with Crippen LogP contribution in [0.3, 0.4) is 0 Å². The van der Waals surface area contributed by atoms with Crippen LogP contribution < -0.4 is 0 Å². The summed E-state index contributed by atoms with van der Waals surface area (Å²) in [6.45, 7) is 6.44. The highest BCUT2D eigenvalue weighted by Gasteiger charge is 2.16. The Morgan fingerprint density at radius 2 is 1.75 bits per heavy atom. The van der Waals surface area contributed by atoms with Crippen molar-refractivity contribution in [3.05, 3.63) is 35.4 Å². The lowest BCUT2D eigenvalue weighted by Crippen LogP contribution is -2.11. The van der Waals surface area contributed by atoms with E-state index in [-0.39, 0.29) is 5.41 Å². The molecule has 1 rings (SSSR count). The van der Waals surface area contributed by atoms with Gasteiger partial charge in [-0.2, -0.15) is 0 Å². The van der Waals surface area contributed by atoms with E-state index < -0.39 is 12.1 Å². The van der Waals surface area contributed by atoms with Gasteiger partial charge in [0.2, 0.25) is 0 Å². The zero-order chi connectivity index (χ0) is 12.3. The summed E-state index contributed by atoms with van der Waals surface area (Å²) in [5.41, 5.74) is 1.77. The zero-order valence-corrected chi connectivity index (χ0v) is 9.90. The Morgan fingerprint density at radius 3 is 2.12 bits per heavy atom. The second-order valence-corrected chi connectivity index (χ2v) is 5.22. The number of carboxylic acid groups (broad SMARTS) is 1. The standard InChI is InChI=1S/C13H18O3/c1-13(2,3)8-9-4-6-10(7-5-9)11(14)12(15)16/h4-7,11,14H,8H2,1-3H3,(H,15,16). The lowest BCUT2D eigenvalue weighted by atomic mass is 9.88. The zero-order valence-electron chi connectivity index (χ0n) is 9.90. The van der Waals surface area contributed by atoms with Crippen molar-refractivity contribution in [2.45, 2.75) is 33.3 Å². The topological polar surface area (TPSA) is 57.5 Å². The lowest BCUT2D eigenvalue weighted by molar-refractivity contribution is -0.146. The van der Waals surface area contributed by atoms with E-state index in [9.17, 15) is 9.90 Å². The molecule has 0 amide bonds. The van der Waals surface area contributed by atoms with Gasteiger partial charge in [0.15, 0.2) is 6.10 Å². The van der Waals surface area contributed by atoms with Crippen LogP contribution >= 0.6 is 0 Å². The molecule has 88 valence electrons. The van der Waals surface area contributed by atoms with E-state index in [0.29, 0.717) is 5.56 Å². The molecule has 0 bridgehead atoms. The molecule has 0 aliphatic rings. The fourth-order valence-electron chi connectivity index (χ4n) is 1.57. The Hall–Kier alpha value is -1.35. The Bertz CT molecular complexity index is 360. The van der Waals surface area contributed by atoms with Gasteiger partial charge in [-0.15, -0.1) is 0 Å². The molecular weight excluding hydrogens is 204 g/mol. The quantitative estimate of drug-likeness (QED) is 0.825. The number of benzene rings is 1. The van der Waals surface area contributed by atoms with Crippen LogP contribution in [0.2, 0.25) is 0 Å². The average Bonchev–Trinajstić information content (AvgIpc) is 2.15. The molecule has 3 heteroatoms. The molecule has 3 nitrogen and oxygen atoms in total. The smallest absolute Gasteiger partial charge is 0.337 e. The SMILES string of the molecule is CC(C)(C)Cc1ccc(C(O)C(=O)O)cc1. The van der Waals surface area contributed by atoms with Gasteiger partial charge in [-0.05, 0) is 23.0 Å². The highest BCUT2D eigenvalue weighted by molar-refractivity contribution is 5.73.